The van der Waals surface area contributed by atoms with E-state index in [1.807, 2.05) is 42.8 Å². The third kappa shape index (κ3) is 5.45. The van der Waals surface area contributed by atoms with E-state index in [-0.39, 0.29) is 0 Å². The van der Waals surface area contributed by atoms with Gasteiger partial charge in [0.25, 0.3) is 0 Å². The lowest BCUT2D eigenvalue weighted by Gasteiger charge is -2.24. The molecular weight excluding hydrogens is 374 g/mol. The molecule has 2 N–H and O–H groups in total. The van der Waals surface area contributed by atoms with Crippen LogP contribution in [0.1, 0.15) is 37.0 Å². The van der Waals surface area contributed by atoms with E-state index in [2.05, 4.69) is 32.7 Å². The molecule has 0 saturated carbocycles. The highest BCUT2D eigenvalue weighted by Crippen LogP contribution is 2.15. The Balaban J connectivity index is 1.64. The number of likely N-dealkylation sites (N-methyl/N-ethyl adjacent to an activating group) is 1. The van der Waals surface area contributed by atoms with Gasteiger partial charge in [-0.2, -0.15) is 0 Å². The lowest BCUT2D eigenvalue weighted by atomic mass is 10.2. The van der Waals surface area contributed by atoms with Crippen molar-refractivity contribution in [1.82, 2.24) is 30.3 Å². The van der Waals surface area contributed by atoms with E-state index in [1.165, 1.54) is 19.4 Å². The Morgan fingerprint density at radius 1 is 1.25 bits per heavy atom. The van der Waals surface area contributed by atoms with Gasteiger partial charge in [-0.1, -0.05) is 30.7 Å². The summed E-state index contributed by atoms with van der Waals surface area (Å²) in [6.45, 7) is 8.50. The summed E-state index contributed by atoms with van der Waals surface area (Å²) in [6.07, 6.45) is 2.50. The molecule has 0 amide bonds. The van der Waals surface area contributed by atoms with Crippen molar-refractivity contribution in [3.05, 3.63) is 46.5 Å². The second-order valence-corrected chi connectivity index (χ2v) is 7.61. The van der Waals surface area contributed by atoms with Crippen LogP contribution in [0.2, 0.25) is 5.02 Å². The highest BCUT2D eigenvalue weighted by molar-refractivity contribution is 6.30. The van der Waals surface area contributed by atoms with Gasteiger partial charge in [-0.05, 0) is 50.6 Å². The van der Waals surface area contributed by atoms with Crippen LogP contribution in [0, 0.1) is 6.92 Å². The molecule has 1 aromatic carbocycles. The first-order valence-corrected chi connectivity index (χ1v) is 10.3. The molecule has 0 radical (unpaired) electrons. The first-order chi connectivity index (χ1) is 13.6. The molecule has 0 spiro atoms. The smallest absolute Gasteiger partial charge is 0.192 e. The van der Waals surface area contributed by atoms with Crippen molar-refractivity contribution in [3.8, 4) is 0 Å². The molecule has 3 rings (SSSR count). The minimum absolute atomic E-state index is 0.560. The van der Waals surface area contributed by atoms with Crippen molar-refractivity contribution in [2.24, 2.45) is 12.0 Å². The first kappa shape index (κ1) is 20.6. The van der Waals surface area contributed by atoms with Crippen LogP contribution < -0.4 is 10.6 Å². The van der Waals surface area contributed by atoms with Crippen LogP contribution in [-0.4, -0.2) is 51.3 Å². The Kier molecular flexibility index (Phi) is 7.28. The molecule has 0 aliphatic carbocycles. The van der Waals surface area contributed by atoms with E-state index >= 15 is 0 Å². The summed E-state index contributed by atoms with van der Waals surface area (Å²) < 4.78 is 1.99. The molecule has 152 valence electrons. The fourth-order valence-electron chi connectivity index (χ4n) is 3.46. The summed E-state index contributed by atoms with van der Waals surface area (Å²) in [5, 5.41) is 16.0. The van der Waals surface area contributed by atoms with Gasteiger partial charge in [0.05, 0.1) is 13.1 Å². The van der Waals surface area contributed by atoms with Crippen LogP contribution in [0.5, 0.6) is 0 Å². The van der Waals surface area contributed by atoms with Gasteiger partial charge >= 0.3 is 0 Å². The van der Waals surface area contributed by atoms with Gasteiger partial charge in [-0.15, -0.1) is 10.2 Å². The van der Waals surface area contributed by atoms with E-state index in [0.29, 0.717) is 19.1 Å². The molecule has 1 saturated heterocycles. The Morgan fingerprint density at radius 3 is 2.71 bits per heavy atom. The molecule has 2 aromatic rings. The molecule has 1 fully saturated rings. The quantitative estimate of drug-likeness (QED) is 0.549. The number of hydrogen-bond acceptors (Lipinski definition) is 4. The Bertz CT molecular complexity index is 784. The standard InChI is InChI=1S/C20H30ClN7/c1-4-28-11-5-6-18(28)13-23-20(22-12-16-7-9-17(21)10-8-16)24-14-19-26-25-15(2)27(19)3/h7-10,18H,4-6,11-14H2,1-3H3,(H2,22,23,24). The van der Waals surface area contributed by atoms with Crippen LogP contribution in [0.4, 0.5) is 0 Å². The average molecular weight is 404 g/mol. The predicted molar refractivity (Wildman–Crippen MR) is 113 cm³/mol. The van der Waals surface area contributed by atoms with Gasteiger partial charge < -0.3 is 15.2 Å². The van der Waals surface area contributed by atoms with Gasteiger partial charge in [0, 0.05) is 24.7 Å². The van der Waals surface area contributed by atoms with Gasteiger partial charge in [0.15, 0.2) is 11.8 Å². The summed E-state index contributed by atoms with van der Waals surface area (Å²) >= 11 is 5.98. The maximum Gasteiger partial charge on any atom is 0.192 e. The second kappa shape index (κ2) is 9.89. The summed E-state index contributed by atoms with van der Waals surface area (Å²) in [7, 11) is 1.97. The number of halogens is 1. The predicted octanol–water partition coefficient (Wildman–Crippen LogP) is 2.50. The van der Waals surface area contributed by atoms with Crippen molar-refractivity contribution < 1.29 is 0 Å². The number of likely N-dealkylation sites (tertiary alicyclic amines) is 1. The Hall–Kier alpha value is -2.12. The largest absolute Gasteiger partial charge is 0.355 e. The van der Waals surface area contributed by atoms with Crippen molar-refractivity contribution in [3.63, 3.8) is 0 Å². The lowest BCUT2D eigenvalue weighted by molar-refractivity contribution is 0.267. The van der Waals surface area contributed by atoms with Gasteiger partial charge in [-0.3, -0.25) is 4.90 Å². The molecule has 1 unspecified atom stereocenters. The summed E-state index contributed by atoms with van der Waals surface area (Å²) in [5.41, 5.74) is 1.12. The van der Waals surface area contributed by atoms with E-state index in [4.69, 9.17) is 16.6 Å². The monoisotopic (exact) mass is 403 g/mol. The zero-order valence-electron chi connectivity index (χ0n) is 17.0. The molecule has 28 heavy (non-hydrogen) atoms. The lowest BCUT2D eigenvalue weighted by Crippen LogP contribution is -2.44. The highest BCUT2D eigenvalue weighted by atomic mass is 35.5. The third-order valence-electron chi connectivity index (χ3n) is 5.34. The normalized spacial score (nSPS) is 17.9. The molecule has 1 aliphatic heterocycles. The van der Waals surface area contributed by atoms with E-state index < -0.39 is 0 Å². The first-order valence-electron chi connectivity index (χ1n) is 9.92. The van der Waals surface area contributed by atoms with Crippen molar-refractivity contribution in [1.29, 1.82) is 0 Å². The maximum atomic E-state index is 5.98. The van der Waals surface area contributed by atoms with Crippen LogP contribution >= 0.6 is 11.6 Å². The number of nitrogens with one attached hydrogen (secondary N) is 2. The van der Waals surface area contributed by atoms with Gasteiger partial charge in [-0.25, -0.2) is 4.99 Å². The van der Waals surface area contributed by atoms with Crippen molar-refractivity contribution >= 4 is 17.6 Å². The van der Waals surface area contributed by atoms with E-state index in [1.54, 1.807) is 0 Å². The second-order valence-electron chi connectivity index (χ2n) is 7.17. The zero-order chi connectivity index (χ0) is 19.9. The fourth-order valence-corrected chi connectivity index (χ4v) is 3.59. The van der Waals surface area contributed by atoms with Gasteiger partial charge in [0.2, 0.25) is 0 Å². The Labute approximate surface area is 172 Å². The molecule has 0 bridgehead atoms. The molecule has 1 atom stereocenters. The van der Waals surface area contributed by atoms with Crippen LogP contribution in [0.25, 0.3) is 0 Å². The summed E-state index contributed by atoms with van der Waals surface area (Å²) in [5.74, 6) is 2.57. The number of guanidine groups is 1. The van der Waals surface area contributed by atoms with E-state index in [9.17, 15) is 0 Å². The SMILES string of the molecule is CCN1CCCC1CNC(=NCc1ccc(Cl)cc1)NCc1nnc(C)n1C. The average Bonchev–Trinajstić information content (AvgIpc) is 3.29. The molecular formula is C20H30ClN7. The summed E-state index contributed by atoms with van der Waals surface area (Å²) in [6, 6.07) is 8.36. The topological polar surface area (TPSA) is 70.4 Å². The zero-order valence-corrected chi connectivity index (χ0v) is 17.7. The van der Waals surface area contributed by atoms with Crippen molar-refractivity contribution in [2.45, 2.75) is 45.8 Å². The molecule has 8 heteroatoms. The number of rotatable bonds is 7. The van der Waals surface area contributed by atoms with Gasteiger partial charge in [0.1, 0.15) is 5.82 Å². The number of aryl methyl sites for hydroxylation is 1. The molecule has 1 aromatic heterocycles. The molecule has 2 heterocycles. The molecule has 1 aliphatic rings. The highest BCUT2D eigenvalue weighted by Gasteiger charge is 2.22. The number of nitrogens with zero attached hydrogens (tertiary/aromatic N) is 5. The Morgan fingerprint density at radius 2 is 2.04 bits per heavy atom. The molecule has 7 nitrogen and oxygen atoms in total. The summed E-state index contributed by atoms with van der Waals surface area (Å²) in [4.78, 5) is 7.29. The number of benzene rings is 1. The number of aromatic nitrogens is 3. The van der Waals surface area contributed by atoms with Crippen LogP contribution in [0.15, 0.2) is 29.3 Å². The minimum atomic E-state index is 0.560. The minimum Gasteiger partial charge on any atom is -0.355 e. The maximum absolute atomic E-state index is 5.98. The number of hydrogen-bond donors (Lipinski definition) is 2. The fraction of sp³-hybridized carbons (Fsp3) is 0.550. The van der Waals surface area contributed by atoms with Crippen molar-refractivity contribution in [2.75, 3.05) is 19.6 Å². The third-order valence-corrected chi connectivity index (χ3v) is 5.59. The van der Waals surface area contributed by atoms with Crippen LogP contribution in [-0.2, 0) is 20.1 Å². The van der Waals surface area contributed by atoms with Crippen LogP contribution in [0.3, 0.4) is 0 Å². The number of aliphatic imine (C=N–C) groups is 1. The van der Waals surface area contributed by atoms with E-state index in [0.717, 1.165) is 41.3 Å².